The standard InChI is InChI=1S/C18H14N2O5S/c21-17(23-9-16-20-12-3-1-2-4-15(12)26-16)8-19-18(22)11-5-6-13-14(7-11)25-10-24-13/h1-7H,8-10H2,(H,19,22). The maximum Gasteiger partial charge on any atom is 0.325 e. The Morgan fingerprint density at radius 2 is 2.00 bits per heavy atom. The number of para-hydroxylation sites is 1. The highest BCUT2D eigenvalue weighted by Crippen LogP contribution is 2.32. The van der Waals surface area contributed by atoms with Gasteiger partial charge in [0.15, 0.2) is 11.5 Å². The van der Waals surface area contributed by atoms with Crippen LogP contribution in [-0.4, -0.2) is 30.2 Å². The van der Waals surface area contributed by atoms with Crippen molar-refractivity contribution in [2.75, 3.05) is 13.3 Å². The molecule has 0 spiro atoms. The van der Waals surface area contributed by atoms with Crippen molar-refractivity contribution in [1.29, 1.82) is 0 Å². The predicted molar refractivity (Wildman–Crippen MR) is 94.3 cm³/mol. The summed E-state index contributed by atoms with van der Waals surface area (Å²) in [7, 11) is 0. The number of carbonyl (C=O) groups is 2. The quantitative estimate of drug-likeness (QED) is 0.695. The maximum atomic E-state index is 12.1. The number of fused-ring (bicyclic) bond motifs is 2. The number of rotatable bonds is 5. The Bertz CT molecular complexity index is 952. The summed E-state index contributed by atoms with van der Waals surface area (Å²) >= 11 is 1.47. The zero-order valence-corrected chi connectivity index (χ0v) is 14.4. The molecule has 0 bridgehead atoms. The van der Waals surface area contributed by atoms with Crippen LogP contribution in [0.15, 0.2) is 42.5 Å². The third-order valence-corrected chi connectivity index (χ3v) is 4.73. The van der Waals surface area contributed by atoms with Crippen LogP contribution in [0.1, 0.15) is 15.4 Å². The molecular weight excluding hydrogens is 356 g/mol. The molecule has 2 heterocycles. The fraction of sp³-hybridized carbons (Fsp3) is 0.167. The lowest BCUT2D eigenvalue weighted by molar-refractivity contribution is -0.143. The van der Waals surface area contributed by atoms with E-state index in [-0.39, 0.29) is 25.9 Å². The van der Waals surface area contributed by atoms with E-state index in [2.05, 4.69) is 10.3 Å². The average molecular weight is 370 g/mol. The van der Waals surface area contributed by atoms with Crippen LogP contribution in [0.2, 0.25) is 0 Å². The molecule has 0 saturated heterocycles. The van der Waals surface area contributed by atoms with Gasteiger partial charge in [-0.1, -0.05) is 12.1 Å². The highest BCUT2D eigenvalue weighted by molar-refractivity contribution is 7.18. The van der Waals surface area contributed by atoms with Gasteiger partial charge in [-0.25, -0.2) is 4.98 Å². The largest absolute Gasteiger partial charge is 0.457 e. The third-order valence-electron chi connectivity index (χ3n) is 3.72. The molecule has 0 fully saturated rings. The number of benzene rings is 2. The highest BCUT2D eigenvalue weighted by Gasteiger charge is 2.17. The molecule has 132 valence electrons. The van der Waals surface area contributed by atoms with E-state index in [0.29, 0.717) is 22.1 Å². The van der Waals surface area contributed by atoms with E-state index < -0.39 is 5.97 Å². The second-order valence-electron chi connectivity index (χ2n) is 5.49. The number of thiazole rings is 1. The SMILES string of the molecule is O=C(CNC(=O)c1ccc2c(c1)OCO2)OCc1nc2ccccc2s1. The number of amides is 1. The van der Waals surface area contributed by atoms with Gasteiger partial charge < -0.3 is 19.5 Å². The van der Waals surface area contributed by atoms with Gasteiger partial charge in [-0.15, -0.1) is 11.3 Å². The molecule has 7 nitrogen and oxygen atoms in total. The molecule has 0 radical (unpaired) electrons. The molecule has 1 aromatic heterocycles. The first-order valence-corrected chi connectivity index (χ1v) is 8.68. The molecule has 3 aromatic rings. The number of nitrogens with zero attached hydrogens (tertiary/aromatic N) is 1. The zero-order valence-electron chi connectivity index (χ0n) is 13.6. The normalized spacial score (nSPS) is 12.2. The first-order chi connectivity index (χ1) is 12.7. The van der Waals surface area contributed by atoms with E-state index >= 15 is 0 Å². The van der Waals surface area contributed by atoms with Crippen molar-refractivity contribution in [3.05, 3.63) is 53.0 Å². The monoisotopic (exact) mass is 370 g/mol. The molecule has 0 saturated carbocycles. The lowest BCUT2D eigenvalue weighted by Crippen LogP contribution is -2.30. The highest BCUT2D eigenvalue weighted by atomic mass is 32.1. The number of hydrogen-bond acceptors (Lipinski definition) is 7. The van der Waals surface area contributed by atoms with E-state index in [1.54, 1.807) is 18.2 Å². The minimum atomic E-state index is -0.529. The fourth-order valence-electron chi connectivity index (χ4n) is 2.47. The van der Waals surface area contributed by atoms with Crippen LogP contribution in [0.5, 0.6) is 11.5 Å². The Balaban J connectivity index is 1.29. The van der Waals surface area contributed by atoms with Crippen LogP contribution in [0.3, 0.4) is 0 Å². The minimum absolute atomic E-state index is 0.0814. The zero-order chi connectivity index (χ0) is 17.9. The molecule has 8 heteroatoms. The number of esters is 1. The van der Waals surface area contributed by atoms with Gasteiger partial charge in [0, 0.05) is 5.56 Å². The van der Waals surface area contributed by atoms with Gasteiger partial charge in [0.1, 0.15) is 18.2 Å². The molecule has 2 aromatic carbocycles. The van der Waals surface area contributed by atoms with Gasteiger partial charge in [-0.05, 0) is 30.3 Å². The van der Waals surface area contributed by atoms with Crippen molar-refractivity contribution in [1.82, 2.24) is 10.3 Å². The van der Waals surface area contributed by atoms with Gasteiger partial charge in [0.05, 0.1) is 10.2 Å². The minimum Gasteiger partial charge on any atom is -0.457 e. The summed E-state index contributed by atoms with van der Waals surface area (Å²) in [6.07, 6.45) is 0. The molecular formula is C18H14N2O5S. The van der Waals surface area contributed by atoms with E-state index in [1.807, 2.05) is 24.3 Å². The van der Waals surface area contributed by atoms with Crippen LogP contribution >= 0.6 is 11.3 Å². The molecule has 1 aliphatic heterocycles. The Morgan fingerprint density at radius 3 is 2.88 bits per heavy atom. The number of aromatic nitrogens is 1. The average Bonchev–Trinajstić information content (AvgIpc) is 3.29. The molecule has 26 heavy (non-hydrogen) atoms. The number of hydrogen-bond donors (Lipinski definition) is 1. The molecule has 1 amide bonds. The molecule has 4 rings (SSSR count). The first kappa shape index (κ1) is 16.3. The number of carbonyl (C=O) groups excluding carboxylic acids is 2. The summed E-state index contributed by atoms with van der Waals surface area (Å²) in [6, 6.07) is 12.5. The molecule has 0 unspecified atom stereocenters. The van der Waals surface area contributed by atoms with Crippen molar-refractivity contribution in [2.24, 2.45) is 0 Å². The van der Waals surface area contributed by atoms with Crippen molar-refractivity contribution in [2.45, 2.75) is 6.61 Å². The van der Waals surface area contributed by atoms with Crippen molar-refractivity contribution in [3.63, 3.8) is 0 Å². The third kappa shape index (κ3) is 3.45. The van der Waals surface area contributed by atoms with Crippen molar-refractivity contribution >= 4 is 33.4 Å². The van der Waals surface area contributed by atoms with Gasteiger partial charge in [0.2, 0.25) is 6.79 Å². The second kappa shape index (κ2) is 7.01. The summed E-state index contributed by atoms with van der Waals surface area (Å²) in [4.78, 5) is 28.4. The van der Waals surface area contributed by atoms with Crippen LogP contribution in [0.4, 0.5) is 0 Å². The van der Waals surface area contributed by atoms with Crippen molar-refractivity contribution < 1.29 is 23.8 Å². The Kier molecular flexibility index (Phi) is 4.40. The van der Waals surface area contributed by atoms with Crippen molar-refractivity contribution in [3.8, 4) is 11.5 Å². The van der Waals surface area contributed by atoms with Crippen LogP contribution in [-0.2, 0) is 16.1 Å². The summed E-state index contributed by atoms with van der Waals surface area (Å²) in [5.41, 5.74) is 1.26. The Labute approximate surface area is 152 Å². The van der Waals surface area contributed by atoms with Crippen LogP contribution < -0.4 is 14.8 Å². The lowest BCUT2D eigenvalue weighted by Gasteiger charge is -2.06. The molecule has 1 N–H and O–H groups in total. The van der Waals surface area contributed by atoms with E-state index in [0.717, 1.165) is 10.2 Å². The topological polar surface area (TPSA) is 86.8 Å². The van der Waals surface area contributed by atoms with Gasteiger partial charge in [-0.2, -0.15) is 0 Å². The molecule has 0 aliphatic carbocycles. The predicted octanol–water partition coefficient (Wildman–Crippen LogP) is 2.50. The fourth-order valence-corrected chi connectivity index (χ4v) is 3.35. The van der Waals surface area contributed by atoms with E-state index in [1.165, 1.54) is 11.3 Å². The summed E-state index contributed by atoms with van der Waals surface area (Å²) in [5, 5.41) is 3.24. The summed E-state index contributed by atoms with van der Waals surface area (Å²) < 4.78 is 16.6. The maximum absolute atomic E-state index is 12.1. The second-order valence-corrected chi connectivity index (χ2v) is 6.60. The first-order valence-electron chi connectivity index (χ1n) is 7.87. The van der Waals surface area contributed by atoms with Gasteiger partial charge in [0.25, 0.3) is 5.91 Å². The van der Waals surface area contributed by atoms with Gasteiger partial charge in [-0.3, -0.25) is 9.59 Å². The van der Waals surface area contributed by atoms with E-state index in [9.17, 15) is 9.59 Å². The number of nitrogens with one attached hydrogen (secondary N) is 1. The number of ether oxygens (including phenoxy) is 3. The van der Waals surface area contributed by atoms with Crippen LogP contribution in [0, 0.1) is 0 Å². The smallest absolute Gasteiger partial charge is 0.325 e. The molecule has 1 aliphatic rings. The van der Waals surface area contributed by atoms with Crippen LogP contribution in [0.25, 0.3) is 10.2 Å². The molecule has 0 atom stereocenters. The lowest BCUT2D eigenvalue weighted by atomic mass is 10.2. The summed E-state index contributed by atoms with van der Waals surface area (Å²) in [6.45, 7) is -0.00522. The van der Waals surface area contributed by atoms with Gasteiger partial charge >= 0.3 is 5.97 Å². The van der Waals surface area contributed by atoms with E-state index in [4.69, 9.17) is 14.2 Å². The Hall–Kier alpha value is -3.13. The Morgan fingerprint density at radius 1 is 1.15 bits per heavy atom. The summed E-state index contributed by atoms with van der Waals surface area (Å²) in [5.74, 6) is 0.187.